The predicted octanol–water partition coefficient (Wildman–Crippen LogP) is 2.49. The highest BCUT2D eigenvalue weighted by Gasteiger charge is 2.08. The van der Waals surface area contributed by atoms with Crippen LogP contribution in [-0.2, 0) is 6.54 Å². The summed E-state index contributed by atoms with van der Waals surface area (Å²) in [6, 6.07) is 10.3. The molecule has 0 aliphatic carbocycles. The first-order valence-electron chi connectivity index (χ1n) is 5.94. The van der Waals surface area contributed by atoms with Crippen molar-refractivity contribution in [2.24, 2.45) is 0 Å². The van der Waals surface area contributed by atoms with Crippen molar-refractivity contribution in [3.63, 3.8) is 0 Å². The monoisotopic (exact) mass is 238 g/mol. The van der Waals surface area contributed by atoms with Crippen LogP contribution in [0, 0.1) is 13.8 Å². The van der Waals surface area contributed by atoms with E-state index in [1.807, 2.05) is 38.4 Å². The average molecular weight is 238 g/mol. The summed E-state index contributed by atoms with van der Waals surface area (Å²) in [5, 5.41) is 0. The smallest absolute Gasteiger partial charge is 0.164 e. The summed E-state index contributed by atoms with van der Waals surface area (Å²) in [6.45, 7) is 4.66. The molecule has 0 aliphatic heterocycles. The molecule has 2 aromatic heterocycles. The summed E-state index contributed by atoms with van der Waals surface area (Å²) in [7, 11) is 0. The molecule has 3 rings (SSSR count). The molecule has 0 atom stereocenters. The number of aromatic nitrogens is 4. The fourth-order valence-electron chi connectivity index (χ4n) is 2.12. The third-order valence-electron chi connectivity index (χ3n) is 2.95. The average Bonchev–Trinajstić information content (AvgIpc) is 2.74. The molecule has 0 aliphatic rings. The maximum Gasteiger partial charge on any atom is 0.164 e. The standard InChI is InChI=1S/C14H14N4/c1-10-13-14(17-11(2)16-10)18(9-15-13)8-12-6-4-3-5-7-12/h3-7,9H,8H2,1-2H3. The highest BCUT2D eigenvalue weighted by Crippen LogP contribution is 2.15. The second-order valence-corrected chi connectivity index (χ2v) is 4.39. The third-order valence-corrected chi connectivity index (χ3v) is 2.95. The Kier molecular flexibility index (Phi) is 2.55. The van der Waals surface area contributed by atoms with Crippen molar-refractivity contribution < 1.29 is 0 Å². The summed E-state index contributed by atoms with van der Waals surface area (Å²) in [5.74, 6) is 0.787. The lowest BCUT2D eigenvalue weighted by Crippen LogP contribution is -2.01. The summed E-state index contributed by atoms with van der Waals surface area (Å²) in [4.78, 5) is 13.2. The van der Waals surface area contributed by atoms with Crippen molar-refractivity contribution in [2.45, 2.75) is 20.4 Å². The minimum Gasteiger partial charge on any atom is -0.311 e. The Balaban J connectivity index is 2.08. The lowest BCUT2D eigenvalue weighted by molar-refractivity contribution is 0.810. The van der Waals surface area contributed by atoms with Crippen LogP contribution in [-0.4, -0.2) is 19.5 Å². The van der Waals surface area contributed by atoms with Crippen LogP contribution >= 0.6 is 0 Å². The van der Waals surface area contributed by atoms with Crippen LogP contribution in [0.4, 0.5) is 0 Å². The van der Waals surface area contributed by atoms with Gasteiger partial charge in [0.15, 0.2) is 5.65 Å². The van der Waals surface area contributed by atoms with Crippen molar-refractivity contribution in [2.75, 3.05) is 0 Å². The quantitative estimate of drug-likeness (QED) is 0.689. The van der Waals surface area contributed by atoms with Crippen LogP contribution in [0.5, 0.6) is 0 Å². The summed E-state index contributed by atoms with van der Waals surface area (Å²) in [5.41, 5.74) is 3.97. The number of benzene rings is 1. The zero-order valence-corrected chi connectivity index (χ0v) is 10.5. The SMILES string of the molecule is Cc1nc(C)c2ncn(Cc3ccccc3)c2n1. The Morgan fingerprint density at radius 1 is 1.06 bits per heavy atom. The van der Waals surface area contributed by atoms with Gasteiger partial charge in [-0.2, -0.15) is 0 Å². The van der Waals surface area contributed by atoms with Gasteiger partial charge in [-0.25, -0.2) is 15.0 Å². The Morgan fingerprint density at radius 2 is 1.83 bits per heavy atom. The highest BCUT2D eigenvalue weighted by atomic mass is 15.1. The maximum atomic E-state index is 4.48. The lowest BCUT2D eigenvalue weighted by atomic mass is 10.2. The van der Waals surface area contributed by atoms with E-state index in [9.17, 15) is 0 Å². The van der Waals surface area contributed by atoms with Crippen LogP contribution in [0.15, 0.2) is 36.7 Å². The molecule has 0 N–H and O–H groups in total. The molecule has 0 saturated heterocycles. The number of nitrogens with zero attached hydrogens (tertiary/aromatic N) is 4. The molecule has 0 fully saturated rings. The zero-order chi connectivity index (χ0) is 12.5. The Morgan fingerprint density at radius 3 is 2.61 bits per heavy atom. The highest BCUT2D eigenvalue weighted by molar-refractivity contribution is 5.73. The van der Waals surface area contributed by atoms with E-state index in [1.165, 1.54) is 5.56 Å². The molecule has 18 heavy (non-hydrogen) atoms. The van der Waals surface area contributed by atoms with E-state index in [1.54, 1.807) is 0 Å². The van der Waals surface area contributed by atoms with Crippen molar-refractivity contribution in [3.05, 3.63) is 53.7 Å². The molecule has 4 nitrogen and oxygen atoms in total. The van der Waals surface area contributed by atoms with Gasteiger partial charge in [0.05, 0.1) is 18.6 Å². The number of hydrogen-bond acceptors (Lipinski definition) is 3. The molecule has 1 aromatic carbocycles. The molecular formula is C14H14N4. The number of imidazole rings is 1. The van der Waals surface area contributed by atoms with Gasteiger partial charge in [0.25, 0.3) is 0 Å². The van der Waals surface area contributed by atoms with E-state index in [0.717, 1.165) is 29.2 Å². The first-order valence-corrected chi connectivity index (χ1v) is 5.94. The zero-order valence-electron chi connectivity index (χ0n) is 10.5. The topological polar surface area (TPSA) is 43.6 Å². The molecule has 0 amide bonds. The Hall–Kier alpha value is -2.23. The number of hydrogen-bond donors (Lipinski definition) is 0. The molecular weight excluding hydrogens is 224 g/mol. The van der Waals surface area contributed by atoms with Gasteiger partial charge >= 0.3 is 0 Å². The second kappa shape index (κ2) is 4.22. The van der Waals surface area contributed by atoms with Crippen LogP contribution in [0.1, 0.15) is 17.1 Å². The lowest BCUT2D eigenvalue weighted by Gasteiger charge is -2.04. The molecule has 2 heterocycles. The Labute approximate surface area is 105 Å². The van der Waals surface area contributed by atoms with Crippen molar-refractivity contribution in [1.82, 2.24) is 19.5 Å². The van der Waals surface area contributed by atoms with Crippen molar-refractivity contribution >= 4 is 11.2 Å². The molecule has 4 heteroatoms. The molecule has 90 valence electrons. The second-order valence-electron chi connectivity index (χ2n) is 4.39. The normalized spacial score (nSPS) is 11.0. The fourth-order valence-corrected chi connectivity index (χ4v) is 2.12. The van der Waals surface area contributed by atoms with Crippen LogP contribution in [0.2, 0.25) is 0 Å². The fraction of sp³-hybridized carbons (Fsp3) is 0.214. The van der Waals surface area contributed by atoms with Crippen molar-refractivity contribution in [1.29, 1.82) is 0 Å². The van der Waals surface area contributed by atoms with Gasteiger partial charge in [-0.1, -0.05) is 30.3 Å². The molecule has 0 saturated carbocycles. The maximum absolute atomic E-state index is 4.48. The summed E-state index contributed by atoms with van der Waals surface area (Å²) in [6.07, 6.45) is 1.83. The largest absolute Gasteiger partial charge is 0.311 e. The van der Waals surface area contributed by atoms with E-state index in [-0.39, 0.29) is 0 Å². The summed E-state index contributed by atoms with van der Waals surface area (Å²) >= 11 is 0. The summed E-state index contributed by atoms with van der Waals surface area (Å²) < 4.78 is 2.06. The first kappa shape index (κ1) is 10.9. The van der Waals surface area contributed by atoms with Crippen molar-refractivity contribution in [3.8, 4) is 0 Å². The number of fused-ring (bicyclic) bond motifs is 1. The van der Waals surface area contributed by atoms with E-state index >= 15 is 0 Å². The predicted molar refractivity (Wildman–Crippen MR) is 70.3 cm³/mol. The van der Waals surface area contributed by atoms with E-state index in [2.05, 4.69) is 31.7 Å². The number of aryl methyl sites for hydroxylation is 2. The minimum atomic E-state index is 0.785. The van der Waals surface area contributed by atoms with Gasteiger partial charge in [-0.05, 0) is 19.4 Å². The molecule has 3 aromatic rings. The van der Waals surface area contributed by atoms with Gasteiger partial charge in [-0.15, -0.1) is 0 Å². The van der Waals surface area contributed by atoms with Gasteiger partial charge < -0.3 is 4.57 Å². The third kappa shape index (κ3) is 1.86. The van der Waals surface area contributed by atoms with E-state index in [4.69, 9.17) is 0 Å². The number of rotatable bonds is 2. The van der Waals surface area contributed by atoms with Gasteiger partial charge in [0.1, 0.15) is 11.3 Å². The van der Waals surface area contributed by atoms with E-state index < -0.39 is 0 Å². The molecule has 0 spiro atoms. The molecule has 0 radical (unpaired) electrons. The molecule has 0 unspecified atom stereocenters. The minimum absolute atomic E-state index is 0.785. The van der Waals surface area contributed by atoms with Crippen LogP contribution < -0.4 is 0 Å². The Bertz CT molecular complexity index is 686. The first-order chi connectivity index (χ1) is 8.74. The molecule has 0 bridgehead atoms. The van der Waals surface area contributed by atoms with Gasteiger partial charge in [-0.3, -0.25) is 0 Å². The van der Waals surface area contributed by atoms with Crippen LogP contribution in [0.3, 0.4) is 0 Å². The van der Waals surface area contributed by atoms with Gasteiger partial charge in [0, 0.05) is 0 Å². The van der Waals surface area contributed by atoms with Crippen LogP contribution in [0.25, 0.3) is 11.2 Å². The van der Waals surface area contributed by atoms with Gasteiger partial charge in [0.2, 0.25) is 0 Å². The van der Waals surface area contributed by atoms with E-state index in [0.29, 0.717) is 0 Å².